The summed E-state index contributed by atoms with van der Waals surface area (Å²) in [6, 6.07) is 10.3. The van der Waals surface area contributed by atoms with E-state index in [9.17, 15) is 14.7 Å². The number of nitrogens with one attached hydrogen (secondary N) is 2. The number of hydrogen-bond donors (Lipinski definition) is 3. The zero-order chi connectivity index (χ0) is 30.0. The molecular formula is C32H43N7O3. The normalized spacial score (nSPS) is 21.2. The maximum atomic E-state index is 14.1. The van der Waals surface area contributed by atoms with Crippen LogP contribution in [0.15, 0.2) is 48.8 Å². The molecule has 4 heterocycles. The molecule has 10 heteroatoms. The Labute approximate surface area is 247 Å². The van der Waals surface area contributed by atoms with Crippen molar-refractivity contribution in [2.45, 2.75) is 84.0 Å². The van der Waals surface area contributed by atoms with Crippen molar-refractivity contribution in [1.29, 1.82) is 0 Å². The lowest BCUT2D eigenvalue weighted by atomic mass is 9.85. The van der Waals surface area contributed by atoms with Crippen LogP contribution in [-0.2, 0) is 9.59 Å². The molecule has 2 saturated heterocycles. The summed E-state index contributed by atoms with van der Waals surface area (Å²) in [5.41, 5.74) is 4.44. The second-order valence-electron chi connectivity index (χ2n) is 12.8. The summed E-state index contributed by atoms with van der Waals surface area (Å²) in [5, 5.41) is 25.9. The van der Waals surface area contributed by atoms with Crippen molar-refractivity contribution in [2.24, 2.45) is 5.41 Å². The van der Waals surface area contributed by atoms with Crippen LogP contribution in [0.5, 0.6) is 0 Å². The van der Waals surface area contributed by atoms with Crippen molar-refractivity contribution in [3.63, 3.8) is 0 Å². The van der Waals surface area contributed by atoms with Gasteiger partial charge in [0.1, 0.15) is 12.1 Å². The Morgan fingerprint density at radius 1 is 1.12 bits per heavy atom. The van der Waals surface area contributed by atoms with Gasteiger partial charge < -0.3 is 20.6 Å². The third-order valence-corrected chi connectivity index (χ3v) is 8.56. The molecule has 2 amide bonds. The van der Waals surface area contributed by atoms with Crippen LogP contribution in [-0.4, -0.2) is 73.6 Å². The lowest BCUT2D eigenvalue weighted by Crippen LogP contribution is -2.50. The molecule has 2 aromatic heterocycles. The zero-order valence-electron chi connectivity index (χ0n) is 25.2. The number of amides is 2. The number of aliphatic hydroxyl groups is 1. The van der Waals surface area contributed by atoms with Crippen molar-refractivity contribution in [1.82, 2.24) is 35.5 Å². The number of benzene rings is 1. The molecule has 42 heavy (non-hydrogen) atoms. The van der Waals surface area contributed by atoms with Crippen molar-refractivity contribution in [3.8, 4) is 11.1 Å². The first kappa shape index (κ1) is 29.8. The maximum Gasteiger partial charge on any atom is 0.248 e. The standard InChI is InChI=1S/C32H43N7O3/c1-20(22-8-10-23(11-9-22)26-7-6-14-34-21(26)2)35-30(41)28-17-25(40)18-38(28)31(42)29(32(3,4)5)39-19-27(36-37-39)24-12-15-33-16-13-24/h6-11,14,19-20,24-25,28-29,33,40H,12-13,15-18H2,1-5H3,(H,35,41)/t20-,25+,28-,29+/m0/s1. The second kappa shape index (κ2) is 12.3. The summed E-state index contributed by atoms with van der Waals surface area (Å²) in [5.74, 6) is -0.196. The number of carbonyl (C=O) groups excluding carboxylic acids is 2. The minimum atomic E-state index is -0.774. The smallest absolute Gasteiger partial charge is 0.248 e. The molecule has 0 spiro atoms. The van der Waals surface area contributed by atoms with Crippen LogP contribution in [0.1, 0.15) is 81.9 Å². The molecule has 0 aliphatic carbocycles. The first-order chi connectivity index (χ1) is 20.0. The quantitative estimate of drug-likeness (QED) is 0.395. The van der Waals surface area contributed by atoms with E-state index in [1.54, 1.807) is 10.9 Å². The molecule has 224 valence electrons. The van der Waals surface area contributed by atoms with Crippen LogP contribution in [0, 0.1) is 12.3 Å². The topological polar surface area (TPSA) is 125 Å². The first-order valence-corrected chi connectivity index (χ1v) is 15.0. The van der Waals surface area contributed by atoms with Gasteiger partial charge in [-0.2, -0.15) is 0 Å². The highest BCUT2D eigenvalue weighted by Crippen LogP contribution is 2.35. The number of nitrogens with zero attached hydrogens (tertiary/aromatic N) is 5. The molecule has 1 aromatic carbocycles. The van der Waals surface area contributed by atoms with Crippen LogP contribution in [0.25, 0.3) is 11.1 Å². The van der Waals surface area contributed by atoms with Gasteiger partial charge in [-0.1, -0.05) is 56.3 Å². The van der Waals surface area contributed by atoms with Crippen molar-refractivity contribution in [2.75, 3.05) is 19.6 Å². The van der Waals surface area contributed by atoms with E-state index in [4.69, 9.17) is 0 Å². The zero-order valence-corrected chi connectivity index (χ0v) is 25.2. The Morgan fingerprint density at radius 3 is 2.50 bits per heavy atom. The number of aromatic nitrogens is 4. The predicted octanol–water partition coefficient (Wildman–Crippen LogP) is 3.54. The molecule has 5 rings (SSSR count). The van der Waals surface area contributed by atoms with Crippen LogP contribution in [0.3, 0.4) is 0 Å². The number of aryl methyl sites for hydroxylation is 1. The van der Waals surface area contributed by atoms with E-state index in [1.165, 1.54) is 4.90 Å². The van der Waals surface area contributed by atoms with Gasteiger partial charge >= 0.3 is 0 Å². The molecule has 0 bridgehead atoms. The van der Waals surface area contributed by atoms with Gasteiger partial charge in [0, 0.05) is 42.5 Å². The fourth-order valence-corrected chi connectivity index (χ4v) is 6.20. The largest absolute Gasteiger partial charge is 0.391 e. The van der Waals surface area contributed by atoms with Crippen LogP contribution >= 0.6 is 0 Å². The summed E-state index contributed by atoms with van der Waals surface area (Å²) in [6.07, 6.45) is 5.06. The fourth-order valence-electron chi connectivity index (χ4n) is 6.20. The van der Waals surface area contributed by atoms with Gasteiger partial charge in [-0.05, 0) is 62.4 Å². The Bertz CT molecular complexity index is 1390. The van der Waals surface area contributed by atoms with Gasteiger partial charge in [0.05, 0.1) is 17.8 Å². The minimum absolute atomic E-state index is 0.104. The average Bonchev–Trinajstić information content (AvgIpc) is 3.60. The van der Waals surface area contributed by atoms with Gasteiger partial charge in [-0.15, -0.1) is 5.10 Å². The highest BCUT2D eigenvalue weighted by molar-refractivity contribution is 5.90. The van der Waals surface area contributed by atoms with Crippen molar-refractivity contribution in [3.05, 3.63) is 65.7 Å². The molecule has 2 aliphatic heterocycles. The number of β-amino-alcohol motifs (C(OH)–C–C–N with tert-alkyl or cyclic N) is 1. The Kier molecular flexibility index (Phi) is 8.75. The Hall–Kier alpha value is -3.63. The molecule has 3 aromatic rings. The third-order valence-electron chi connectivity index (χ3n) is 8.56. The molecule has 0 saturated carbocycles. The van der Waals surface area contributed by atoms with Gasteiger partial charge in [0.25, 0.3) is 0 Å². The van der Waals surface area contributed by atoms with Crippen LogP contribution in [0.4, 0.5) is 0 Å². The predicted molar refractivity (Wildman–Crippen MR) is 160 cm³/mol. The minimum Gasteiger partial charge on any atom is -0.391 e. The van der Waals surface area contributed by atoms with Gasteiger partial charge in [-0.25, -0.2) is 4.68 Å². The van der Waals surface area contributed by atoms with E-state index >= 15 is 0 Å². The number of piperidine rings is 1. The molecule has 0 radical (unpaired) electrons. The highest BCUT2D eigenvalue weighted by atomic mass is 16.3. The van der Waals surface area contributed by atoms with E-state index in [0.717, 1.165) is 54.0 Å². The monoisotopic (exact) mass is 573 g/mol. The molecule has 2 fully saturated rings. The molecule has 3 N–H and O–H groups in total. The second-order valence-corrected chi connectivity index (χ2v) is 12.8. The summed E-state index contributed by atoms with van der Waals surface area (Å²) in [7, 11) is 0. The van der Waals surface area contributed by atoms with Crippen LogP contribution < -0.4 is 10.6 Å². The summed E-state index contributed by atoms with van der Waals surface area (Å²) in [4.78, 5) is 33.6. The Morgan fingerprint density at radius 2 is 1.83 bits per heavy atom. The van der Waals surface area contributed by atoms with E-state index in [0.29, 0.717) is 5.92 Å². The van der Waals surface area contributed by atoms with Gasteiger partial charge in [0.2, 0.25) is 11.8 Å². The van der Waals surface area contributed by atoms with E-state index in [-0.39, 0.29) is 30.8 Å². The fraction of sp³-hybridized carbons (Fsp3) is 0.531. The first-order valence-electron chi connectivity index (χ1n) is 15.0. The number of likely N-dealkylation sites (tertiary alicyclic amines) is 1. The van der Waals surface area contributed by atoms with E-state index in [1.807, 2.05) is 77.2 Å². The number of pyridine rings is 1. The van der Waals surface area contributed by atoms with E-state index < -0.39 is 23.6 Å². The average molecular weight is 574 g/mol. The molecule has 10 nitrogen and oxygen atoms in total. The van der Waals surface area contributed by atoms with E-state index in [2.05, 4.69) is 25.9 Å². The molecule has 4 atom stereocenters. The summed E-state index contributed by atoms with van der Waals surface area (Å²) < 4.78 is 1.66. The van der Waals surface area contributed by atoms with Gasteiger partial charge in [-0.3, -0.25) is 14.6 Å². The molecule has 2 aliphatic rings. The lowest BCUT2D eigenvalue weighted by molar-refractivity contribution is -0.144. The van der Waals surface area contributed by atoms with Crippen molar-refractivity contribution < 1.29 is 14.7 Å². The SMILES string of the molecule is Cc1ncccc1-c1ccc([C@H](C)NC(=O)[C@@H]2C[C@@H](O)CN2C(=O)[C@@H](n2cc(C3CCNCC3)nn2)C(C)(C)C)cc1. The number of carbonyl (C=O) groups is 2. The third kappa shape index (κ3) is 6.39. The molecule has 0 unspecified atom stereocenters. The number of aliphatic hydroxyl groups excluding tert-OH is 1. The maximum absolute atomic E-state index is 14.1. The number of hydrogen-bond acceptors (Lipinski definition) is 7. The van der Waals surface area contributed by atoms with Gasteiger partial charge in [0.15, 0.2) is 0 Å². The Balaban J connectivity index is 1.31. The highest BCUT2D eigenvalue weighted by Gasteiger charge is 2.45. The number of rotatable bonds is 7. The van der Waals surface area contributed by atoms with Crippen molar-refractivity contribution >= 4 is 11.8 Å². The molecular weight excluding hydrogens is 530 g/mol. The summed E-state index contributed by atoms with van der Waals surface area (Å²) >= 11 is 0. The van der Waals surface area contributed by atoms with Crippen LogP contribution in [0.2, 0.25) is 0 Å². The lowest BCUT2D eigenvalue weighted by Gasteiger charge is -2.35. The summed E-state index contributed by atoms with van der Waals surface area (Å²) in [6.45, 7) is 11.9.